The molecule has 4 rings (SSSR count). The van der Waals surface area contributed by atoms with Crippen molar-refractivity contribution in [3.8, 4) is 5.75 Å². The van der Waals surface area contributed by atoms with Gasteiger partial charge >= 0.3 is 0 Å². The Labute approximate surface area is 146 Å². The van der Waals surface area contributed by atoms with Crippen LogP contribution < -0.4 is 14.6 Å². The van der Waals surface area contributed by atoms with Gasteiger partial charge in [0.05, 0.1) is 18.5 Å². The highest BCUT2D eigenvalue weighted by Gasteiger charge is 2.55. The van der Waals surface area contributed by atoms with Crippen LogP contribution in [-0.2, 0) is 9.59 Å². The summed E-state index contributed by atoms with van der Waals surface area (Å²) in [4.78, 5) is 26.2. The molecular formula is C17H12F2N4O3. The zero-order valence-corrected chi connectivity index (χ0v) is 13.5. The first kappa shape index (κ1) is 16.1. The van der Waals surface area contributed by atoms with E-state index >= 15 is 0 Å². The third-order valence-electron chi connectivity index (χ3n) is 4.26. The Morgan fingerprint density at radius 3 is 2.54 bits per heavy atom. The third kappa shape index (κ3) is 2.32. The number of halogens is 2. The predicted molar refractivity (Wildman–Crippen MR) is 86.8 cm³/mol. The van der Waals surface area contributed by atoms with Crippen molar-refractivity contribution in [3.05, 3.63) is 54.1 Å². The topological polar surface area (TPSA) is 74.6 Å². The number of carbonyl (C=O) groups excluding carboxylic acids is 2. The second-order valence-corrected chi connectivity index (χ2v) is 5.75. The average molecular weight is 358 g/mol. The third-order valence-corrected chi connectivity index (χ3v) is 4.26. The molecule has 2 aromatic carbocycles. The minimum absolute atomic E-state index is 0.0471. The van der Waals surface area contributed by atoms with E-state index < -0.39 is 35.5 Å². The lowest BCUT2D eigenvalue weighted by Gasteiger charge is -2.21. The molecule has 2 aliphatic rings. The van der Waals surface area contributed by atoms with Gasteiger partial charge in [-0.15, -0.1) is 0 Å². The van der Waals surface area contributed by atoms with Crippen LogP contribution in [0.5, 0.6) is 5.75 Å². The Morgan fingerprint density at radius 1 is 1.00 bits per heavy atom. The number of amides is 2. The van der Waals surface area contributed by atoms with E-state index in [1.54, 1.807) is 24.3 Å². The highest BCUT2D eigenvalue weighted by atomic mass is 19.2. The maximum absolute atomic E-state index is 13.5. The van der Waals surface area contributed by atoms with Crippen molar-refractivity contribution in [2.75, 3.05) is 17.0 Å². The normalized spacial score (nSPS) is 21.5. The van der Waals surface area contributed by atoms with Crippen molar-refractivity contribution in [1.82, 2.24) is 0 Å². The minimum Gasteiger partial charge on any atom is -0.497 e. The summed E-state index contributed by atoms with van der Waals surface area (Å²) >= 11 is 0. The Balaban J connectivity index is 1.70. The van der Waals surface area contributed by atoms with Crippen LogP contribution in [0.15, 0.2) is 52.8 Å². The van der Waals surface area contributed by atoms with Crippen LogP contribution >= 0.6 is 0 Å². The summed E-state index contributed by atoms with van der Waals surface area (Å²) in [6, 6.07) is 7.60. The van der Waals surface area contributed by atoms with Gasteiger partial charge in [0.1, 0.15) is 5.75 Å². The number of hydrogen-bond acceptors (Lipinski definition) is 6. The number of benzene rings is 2. The molecular weight excluding hydrogens is 346 g/mol. The molecule has 0 bridgehead atoms. The van der Waals surface area contributed by atoms with Crippen molar-refractivity contribution in [3.63, 3.8) is 0 Å². The maximum Gasteiger partial charge on any atom is 0.263 e. The molecule has 0 aliphatic carbocycles. The van der Waals surface area contributed by atoms with E-state index in [2.05, 4.69) is 10.3 Å². The molecule has 0 unspecified atom stereocenters. The number of rotatable bonds is 3. The monoisotopic (exact) mass is 358 g/mol. The highest BCUT2D eigenvalue weighted by Crippen LogP contribution is 2.36. The number of ether oxygens (including phenoxy) is 1. The van der Waals surface area contributed by atoms with Crippen LogP contribution in [0.3, 0.4) is 0 Å². The van der Waals surface area contributed by atoms with Gasteiger partial charge in [-0.3, -0.25) is 9.59 Å². The standard InChI is InChI=1S/C17H12F2N4O3/c1-26-11-4-2-3-10(7-11)23-15-14(20-21-23)16(24)22(17(15)25)9-5-6-12(18)13(19)8-9/h2-8,14-15H,1H3/t14-,15+/m0/s1. The van der Waals surface area contributed by atoms with Gasteiger partial charge in [0.15, 0.2) is 23.7 Å². The predicted octanol–water partition coefficient (Wildman–Crippen LogP) is 2.47. The molecule has 1 fully saturated rings. The molecule has 0 saturated carbocycles. The van der Waals surface area contributed by atoms with Gasteiger partial charge in [-0.05, 0) is 24.3 Å². The highest BCUT2D eigenvalue weighted by molar-refractivity contribution is 6.26. The first-order valence-corrected chi connectivity index (χ1v) is 7.68. The summed E-state index contributed by atoms with van der Waals surface area (Å²) < 4.78 is 31.8. The number of anilines is 2. The van der Waals surface area contributed by atoms with Crippen LogP contribution in [-0.4, -0.2) is 31.0 Å². The zero-order chi connectivity index (χ0) is 18.4. The molecule has 2 aliphatic heterocycles. The summed E-state index contributed by atoms with van der Waals surface area (Å²) in [5, 5.41) is 9.14. The molecule has 0 spiro atoms. The fraction of sp³-hybridized carbons (Fsp3) is 0.176. The van der Waals surface area contributed by atoms with Crippen molar-refractivity contribution >= 4 is 23.2 Å². The van der Waals surface area contributed by atoms with Gasteiger partial charge in [-0.25, -0.2) is 18.7 Å². The largest absolute Gasteiger partial charge is 0.497 e. The number of fused-ring (bicyclic) bond motifs is 1. The van der Waals surface area contributed by atoms with Gasteiger partial charge < -0.3 is 4.74 Å². The fourth-order valence-electron chi connectivity index (χ4n) is 3.00. The van der Waals surface area contributed by atoms with E-state index in [9.17, 15) is 18.4 Å². The smallest absolute Gasteiger partial charge is 0.263 e. The molecule has 2 heterocycles. The molecule has 0 N–H and O–H groups in total. The van der Waals surface area contributed by atoms with Crippen molar-refractivity contribution < 1.29 is 23.1 Å². The van der Waals surface area contributed by atoms with Gasteiger partial charge in [0.2, 0.25) is 0 Å². The zero-order valence-electron chi connectivity index (χ0n) is 13.5. The SMILES string of the molecule is COc1cccc(N2N=N[C@@H]3C(=O)N(c4ccc(F)c(F)c4)C(=O)[C@@H]32)c1. The van der Waals surface area contributed by atoms with E-state index in [4.69, 9.17) is 4.74 Å². The van der Waals surface area contributed by atoms with E-state index in [1.165, 1.54) is 18.2 Å². The number of imide groups is 1. The first-order chi connectivity index (χ1) is 12.5. The lowest BCUT2D eigenvalue weighted by atomic mass is 10.1. The summed E-state index contributed by atoms with van der Waals surface area (Å²) in [6.45, 7) is 0. The molecule has 26 heavy (non-hydrogen) atoms. The molecule has 2 aromatic rings. The van der Waals surface area contributed by atoms with Crippen LogP contribution in [0.1, 0.15) is 0 Å². The fourth-order valence-corrected chi connectivity index (χ4v) is 3.00. The van der Waals surface area contributed by atoms with Crippen molar-refractivity contribution in [2.24, 2.45) is 10.3 Å². The second kappa shape index (κ2) is 5.87. The first-order valence-electron chi connectivity index (χ1n) is 7.68. The number of methoxy groups -OCH3 is 1. The average Bonchev–Trinajstić information content (AvgIpc) is 3.18. The summed E-state index contributed by atoms with van der Waals surface area (Å²) in [5.74, 6) is -2.91. The maximum atomic E-state index is 13.5. The quantitative estimate of drug-likeness (QED) is 0.790. The lowest BCUT2D eigenvalue weighted by molar-refractivity contribution is -0.121. The van der Waals surface area contributed by atoms with E-state index in [1.807, 2.05) is 0 Å². The van der Waals surface area contributed by atoms with Crippen LogP contribution in [0.4, 0.5) is 20.2 Å². The lowest BCUT2D eigenvalue weighted by Crippen LogP contribution is -2.39. The second-order valence-electron chi connectivity index (χ2n) is 5.75. The molecule has 0 aromatic heterocycles. The Hall–Kier alpha value is -3.36. The number of nitrogens with zero attached hydrogens (tertiary/aromatic N) is 4. The van der Waals surface area contributed by atoms with Crippen molar-refractivity contribution in [1.29, 1.82) is 0 Å². The van der Waals surface area contributed by atoms with Crippen LogP contribution in [0.2, 0.25) is 0 Å². The molecule has 2 amide bonds. The summed E-state index contributed by atoms with van der Waals surface area (Å²) in [6.07, 6.45) is 0. The molecule has 132 valence electrons. The number of hydrogen-bond donors (Lipinski definition) is 0. The van der Waals surface area contributed by atoms with E-state index in [0.29, 0.717) is 11.4 Å². The molecule has 9 heteroatoms. The van der Waals surface area contributed by atoms with Gasteiger partial charge in [-0.2, -0.15) is 5.11 Å². The summed E-state index contributed by atoms with van der Waals surface area (Å²) in [5.41, 5.74) is 0.475. The van der Waals surface area contributed by atoms with Crippen LogP contribution in [0.25, 0.3) is 0 Å². The molecule has 1 saturated heterocycles. The molecule has 7 nitrogen and oxygen atoms in total. The van der Waals surface area contributed by atoms with Gasteiger partial charge in [-0.1, -0.05) is 11.3 Å². The Kier molecular flexibility index (Phi) is 3.64. The van der Waals surface area contributed by atoms with Gasteiger partial charge in [0, 0.05) is 12.1 Å². The Bertz CT molecular complexity index is 949. The van der Waals surface area contributed by atoms with Crippen LogP contribution in [0, 0.1) is 11.6 Å². The molecule has 2 atom stereocenters. The van der Waals surface area contributed by atoms with Crippen molar-refractivity contribution in [2.45, 2.75) is 12.1 Å². The van der Waals surface area contributed by atoms with E-state index in [-0.39, 0.29) is 5.69 Å². The van der Waals surface area contributed by atoms with E-state index in [0.717, 1.165) is 17.0 Å². The number of carbonyl (C=O) groups is 2. The Morgan fingerprint density at radius 2 is 1.81 bits per heavy atom. The minimum atomic E-state index is -1.15. The summed E-state index contributed by atoms with van der Waals surface area (Å²) in [7, 11) is 1.50. The molecule has 0 radical (unpaired) electrons. The van der Waals surface area contributed by atoms with Gasteiger partial charge in [0.25, 0.3) is 11.8 Å².